The third-order valence-electron chi connectivity index (χ3n) is 1.01. The predicted octanol–water partition coefficient (Wildman–Crippen LogP) is 0.306. The number of amides is 1. The molecule has 1 heterocycles. The highest BCUT2D eigenvalue weighted by Gasteiger charge is 2.00. The van der Waals surface area contributed by atoms with Crippen LogP contribution in [0.15, 0.2) is 12.4 Å². The van der Waals surface area contributed by atoms with E-state index in [4.69, 9.17) is 5.73 Å². The lowest BCUT2D eigenvalue weighted by atomic mass is 10.4. The minimum absolute atomic E-state index is 0. The van der Waals surface area contributed by atoms with E-state index in [0.29, 0.717) is 5.69 Å². The summed E-state index contributed by atoms with van der Waals surface area (Å²) in [5.74, 6) is -0.545. The molecule has 0 saturated heterocycles. The Kier molecular flexibility index (Phi) is 3.47. The van der Waals surface area contributed by atoms with Gasteiger partial charge in [-0.05, 0) is 6.92 Å². The van der Waals surface area contributed by atoms with Gasteiger partial charge in [-0.1, -0.05) is 0 Å². The first kappa shape index (κ1) is 9.84. The van der Waals surface area contributed by atoms with Crippen LogP contribution in [0.3, 0.4) is 0 Å². The normalized spacial score (nSPS) is 8.45. The number of nitrogens with zero attached hydrogens (tertiary/aromatic N) is 2. The molecule has 0 bridgehead atoms. The lowest BCUT2D eigenvalue weighted by Gasteiger charge is -1.93. The number of hydrogen-bond acceptors (Lipinski definition) is 3. The molecule has 11 heavy (non-hydrogen) atoms. The second-order valence-corrected chi connectivity index (χ2v) is 1.91. The minimum atomic E-state index is -0.545. The third-order valence-corrected chi connectivity index (χ3v) is 1.01. The fourth-order valence-electron chi connectivity index (χ4n) is 0.582. The quantitative estimate of drug-likeness (QED) is 0.665. The third kappa shape index (κ3) is 2.51. The summed E-state index contributed by atoms with van der Waals surface area (Å²) < 4.78 is 0. The van der Waals surface area contributed by atoms with Crippen molar-refractivity contribution < 1.29 is 4.79 Å². The molecule has 0 aliphatic carbocycles. The van der Waals surface area contributed by atoms with E-state index in [-0.39, 0.29) is 18.1 Å². The van der Waals surface area contributed by atoms with Crippen LogP contribution >= 0.6 is 12.4 Å². The number of hydrogen-bond donors (Lipinski definition) is 1. The highest BCUT2D eigenvalue weighted by molar-refractivity contribution is 5.90. The van der Waals surface area contributed by atoms with Crippen LogP contribution in [0.25, 0.3) is 0 Å². The van der Waals surface area contributed by atoms with Crippen LogP contribution in [-0.4, -0.2) is 15.9 Å². The van der Waals surface area contributed by atoms with Crippen molar-refractivity contribution in [2.75, 3.05) is 0 Å². The maximum atomic E-state index is 10.5. The molecular formula is C6H8ClN3O. The summed E-state index contributed by atoms with van der Waals surface area (Å²) >= 11 is 0. The van der Waals surface area contributed by atoms with Crippen molar-refractivity contribution in [2.24, 2.45) is 5.73 Å². The van der Waals surface area contributed by atoms with Gasteiger partial charge in [-0.25, -0.2) is 4.98 Å². The van der Waals surface area contributed by atoms with Crippen LogP contribution in [0.2, 0.25) is 0 Å². The Balaban J connectivity index is 0.000001000. The molecule has 2 N–H and O–H groups in total. The van der Waals surface area contributed by atoms with Gasteiger partial charge in [-0.3, -0.25) is 9.78 Å². The van der Waals surface area contributed by atoms with E-state index in [1.165, 1.54) is 6.20 Å². The lowest BCUT2D eigenvalue weighted by Crippen LogP contribution is -2.13. The second-order valence-electron chi connectivity index (χ2n) is 1.91. The molecule has 1 rings (SSSR count). The maximum Gasteiger partial charge on any atom is 0.268 e. The fourth-order valence-corrected chi connectivity index (χ4v) is 0.582. The molecule has 1 amide bonds. The largest absolute Gasteiger partial charge is 0.364 e. The van der Waals surface area contributed by atoms with Crippen molar-refractivity contribution in [1.29, 1.82) is 0 Å². The fraction of sp³-hybridized carbons (Fsp3) is 0.167. The van der Waals surface area contributed by atoms with Gasteiger partial charge >= 0.3 is 0 Å². The number of aromatic nitrogens is 2. The van der Waals surface area contributed by atoms with Crippen LogP contribution in [0.5, 0.6) is 0 Å². The Morgan fingerprint density at radius 3 is 2.55 bits per heavy atom. The first-order chi connectivity index (χ1) is 4.70. The van der Waals surface area contributed by atoms with E-state index in [1.807, 2.05) is 0 Å². The molecule has 0 spiro atoms. The van der Waals surface area contributed by atoms with E-state index in [0.717, 1.165) is 0 Å². The van der Waals surface area contributed by atoms with Gasteiger partial charge in [-0.2, -0.15) is 0 Å². The number of carbonyl (C=O) groups is 1. The maximum absolute atomic E-state index is 10.5. The van der Waals surface area contributed by atoms with Crippen LogP contribution < -0.4 is 5.73 Å². The Labute approximate surface area is 70.3 Å². The molecule has 1 aromatic heterocycles. The number of carbonyl (C=O) groups excluding carboxylic acids is 1. The Morgan fingerprint density at radius 2 is 2.18 bits per heavy atom. The van der Waals surface area contributed by atoms with Gasteiger partial charge < -0.3 is 5.73 Å². The van der Waals surface area contributed by atoms with Gasteiger partial charge in [0.15, 0.2) is 0 Å². The van der Waals surface area contributed by atoms with Gasteiger partial charge in [0.2, 0.25) is 0 Å². The number of nitrogens with two attached hydrogens (primary N) is 1. The Hall–Kier alpha value is -1.16. The van der Waals surface area contributed by atoms with Crippen LogP contribution in [0.1, 0.15) is 16.2 Å². The number of rotatable bonds is 1. The van der Waals surface area contributed by atoms with Gasteiger partial charge in [-0.15, -0.1) is 12.4 Å². The van der Waals surface area contributed by atoms with Crippen molar-refractivity contribution in [3.8, 4) is 0 Å². The summed E-state index contributed by atoms with van der Waals surface area (Å²) in [5.41, 5.74) is 5.84. The van der Waals surface area contributed by atoms with E-state index < -0.39 is 5.91 Å². The van der Waals surface area contributed by atoms with E-state index >= 15 is 0 Å². The topological polar surface area (TPSA) is 68.9 Å². The summed E-state index contributed by atoms with van der Waals surface area (Å²) in [4.78, 5) is 18.1. The average Bonchev–Trinajstić information content (AvgIpc) is 1.88. The first-order valence-electron chi connectivity index (χ1n) is 2.78. The van der Waals surface area contributed by atoms with E-state index in [9.17, 15) is 4.79 Å². The molecular weight excluding hydrogens is 166 g/mol. The Bertz CT molecular complexity index is 264. The molecule has 0 aliphatic rings. The second kappa shape index (κ2) is 3.88. The van der Waals surface area contributed by atoms with Crippen LogP contribution in [-0.2, 0) is 0 Å². The molecule has 0 unspecified atom stereocenters. The molecule has 4 nitrogen and oxygen atoms in total. The van der Waals surface area contributed by atoms with E-state index in [2.05, 4.69) is 9.97 Å². The zero-order valence-electron chi connectivity index (χ0n) is 5.94. The minimum Gasteiger partial charge on any atom is -0.364 e. The summed E-state index contributed by atoms with van der Waals surface area (Å²) in [6, 6.07) is 0. The molecule has 60 valence electrons. The summed E-state index contributed by atoms with van der Waals surface area (Å²) in [6.45, 7) is 1.75. The zero-order valence-corrected chi connectivity index (χ0v) is 6.76. The van der Waals surface area contributed by atoms with Gasteiger partial charge in [0.05, 0.1) is 11.9 Å². The molecule has 0 aliphatic heterocycles. The molecule has 0 fully saturated rings. The van der Waals surface area contributed by atoms with Gasteiger partial charge in [0.1, 0.15) is 5.69 Å². The summed E-state index contributed by atoms with van der Waals surface area (Å²) in [7, 11) is 0. The number of halogens is 1. The van der Waals surface area contributed by atoms with Crippen molar-refractivity contribution in [1.82, 2.24) is 9.97 Å². The van der Waals surface area contributed by atoms with Gasteiger partial charge in [0.25, 0.3) is 5.91 Å². The Morgan fingerprint density at radius 1 is 1.55 bits per heavy atom. The smallest absolute Gasteiger partial charge is 0.268 e. The van der Waals surface area contributed by atoms with Crippen molar-refractivity contribution in [3.63, 3.8) is 0 Å². The molecule has 0 aromatic carbocycles. The molecule has 0 saturated carbocycles. The highest BCUT2D eigenvalue weighted by atomic mass is 35.5. The molecule has 0 radical (unpaired) electrons. The lowest BCUT2D eigenvalue weighted by molar-refractivity contribution is 0.0995. The van der Waals surface area contributed by atoms with Crippen molar-refractivity contribution in [3.05, 3.63) is 23.8 Å². The van der Waals surface area contributed by atoms with Crippen LogP contribution in [0.4, 0.5) is 0 Å². The van der Waals surface area contributed by atoms with Crippen molar-refractivity contribution >= 4 is 18.3 Å². The average molecular weight is 174 g/mol. The van der Waals surface area contributed by atoms with Crippen molar-refractivity contribution in [2.45, 2.75) is 6.92 Å². The molecule has 0 atom stereocenters. The summed E-state index contributed by atoms with van der Waals surface area (Å²) in [6.07, 6.45) is 2.90. The van der Waals surface area contributed by atoms with Crippen LogP contribution in [0, 0.1) is 6.92 Å². The summed E-state index contributed by atoms with van der Waals surface area (Å²) in [5, 5.41) is 0. The SMILES string of the molecule is Cc1cncc(C(N)=O)n1.Cl. The zero-order chi connectivity index (χ0) is 7.56. The van der Waals surface area contributed by atoms with Gasteiger partial charge in [0, 0.05) is 6.20 Å². The molecule has 1 aromatic rings. The standard InChI is InChI=1S/C6H7N3O.ClH/c1-4-2-8-3-5(9-4)6(7)10;/h2-3H,1H3,(H2,7,10);1H. The van der Waals surface area contributed by atoms with E-state index in [1.54, 1.807) is 13.1 Å². The number of aryl methyl sites for hydroxylation is 1. The number of primary amides is 1. The molecule has 5 heteroatoms. The monoisotopic (exact) mass is 173 g/mol. The highest BCUT2D eigenvalue weighted by Crippen LogP contribution is 1.91. The first-order valence-corrected chi connectivity index (χ1v) is 2.78. The predicted molar refractivity (Wildman–Crippen MR) is 42.5 cm³/mol.